The fraction of sp³-hybridized carbons (Fsp3) is 0.556. The zero-order valence-corrected chi connectivity index (χ0v) is 17.2. The SMILES string of the molecule is CC1=CCC(CC2=[C-]CC=C2)(OC(C)(C)C)C(C)=C1.[Cl-].[Cl-].[Ti+3]. The van der Waals surface area contributed by atoms with Crippen LogP contribution in [0, 0.1) is 6.08 Å². The minimum Gasteiger partial charge on any atom is -1.00 e. The van der Waals surface area contributed by atoms with Gasteiger partial charge >= 0.3 is 21.7 Å². The van der Waals surface area contributed by atoms with E-state index in [9.17, 15) is 0 Å². The number of hydrogen-bond donors (Lipinski definition) is 0. The monoisotopic (exact) mass is 375 g/mol. The first-order valence-electron chi connectivity index (χ1n) is 7.13. The van der Waals surface area contributed by atoms with Gasteiger partial charge in [-0.05, 0) is 53.0 Å². The van der Waals surface area contributed by atoms with Crippen LogP contribution in [0.3, 0.4) is 0 Å². The van der Waals surface area contributed by atoms with Crippen molar-refractivity contribution in [3.05, 3.63) is 47.1 Å². The van der Waals surface area contributed by atoms with Crippen LogP contribution < -0.4 is 24.8 Å². The van der Waals surface area contributed by atoms with E-state index in [1.54, 1.807) is 0 Å². The van der Waals surface area contributed by atoms with Gasteiger partial charge in [-0.2, -0.15) is 6.08 Å². The summed E-state index contributed by atoms with van der Waals surface area (Å²) in [4.78, 5) is 0. The van der Waals surface area contributed by atoms with E-state index in [1.165, 1.54) is 16.7 Å². The topological polar surface area (TPSA) is 9.23 Å². The molecule has 1 atom stereocenters. The first kappa shape index (κ1) is 24.5. The largest absolute Gasteiger partial charge is 3.00 e. The summed E-state index contributed by atoms with van der Waals surface area (Å²) in [6.07, 6.45) is 15.2. The van der Waals surface area contributed by atoms with Gasteiger partial charge in [0.2, 0.25) is 0 Å². The molecule has 0 bridgehead atoms. The van der Waals surface area contributed by atoms with Crippen molar-refractivity contribution in [2.75, 3.05) is 0 Å². The Balaban J connectivity index is 0. The van der Waals surface area contributed by atoms with Crippen LogP contribution in [0.25, 0.3) is 0 Å². The van der Waals surface area contributed by atoms with Crippen molar-refractivity contribution in [2.45, 2.75) is 65.1 Å². The minimum absolute atomic E-state index is 0. The molecule has 4 heteroatoms. The quantitative estimate of drug-likeness (QED) is 0.450. The third kappa shape index (κ3) is 6.38. The van der Waals surface area contributed by atoms with Crippen LogP contribution in [-0.2, 0) is 26.5 Å². The molecule has 2 aliphatic rings. The van der Waals surface area contributed by atoms with Gasteiger partial charge in [0, 0.05) is 0 Å². The summed E-state index contributed by atoms with van der Waals surface area (Å²) in [6.45, 7) is 10.8. The van der Waals surface area contributed by atoms with E-state index in [1.807, 2.05) is 0 Å². The van der Waals surface area contributed by atoms with E-state index in [4.69, 9.17) is 4.74 Å². The van der Waals surface area contributed by atoms with Crippen LogP contribution in [0.4, 0.5) is 0 Å². The number of allylic oxidation sites excluding steroid dienone is 5. The van der Waals surface area contributed by atoms with E-state index in [2.05, 4.69) is 65.0 Å². The summed E-state index contributed by atoms with van der Waals surface area (Å²) in [6, 6.07) is 0. The maximum atomic E-state index is 6.48. The molecule has 0 aliphatic heterocycles. The predicted octanol–water partition coefficient (Wildman–Crippen LogP) is -1.08. The average molecular weight is 376 g/mol. The van der Waals surface area contributed by atoms with E-state index >= 15 is 0 Å². The second-order valence-corrected chi connectivity index (χ2v) is 6.67. The molecule has 0 aromatic rings. The predicted molar refractivity (Wildman–Crippen MR) is 80.8 cm³/mol. The Bertz CT molecular complexity index is 484. The average Bonchev–Trinajstić information content (AvgIpc) is 2.74. The van der Waals surface area contributed by atoms with E-state index in [-0.39, 0.29) is 57.7 Å². The Morgan fingerprint density at radius 3 is 2.32 bits per heavy atom. The van der Waals surface area contributed by atoms with Gasteiger partial charge < -0.3 is 29.6 Å². The molecular formula is C18H25Cl2OTi. The first-order valence-corrected chi connectivity index (χ1v) is 7.13. The van der Waals surface area contributed by atoms with Crippen LogP contribution in [0.5, 0.6) is 0 Å². The number of halogens is 2. The Hall–Kier alpha value is 0.214. The molecule has 1 radical (unpaired) electrons. The van der Waals surface area contributed by atoms with Crippen LogP contribution in [0.1, 0.15) is 53.9 Å². The third-order valence-electron chi connectivity index (χ3n) is 3.66. The maximum absolute atomic E-state index is 6.48. The Labute approximate surface area is 163 Å². The second-order valence-electron chi connectivity index (χ2n) is 6.67. The Morgan fingerprint density at radius 1 is 1.23 bits per heavy atom. The van der Waals surface area contributed by atoms with Gasteiger partial charge in [-0.25, -0.2) is 11.6 Å². The minimum atomic E-state index is -0.200. The molecule has 1 nitrogen and oxygen atoms in total. The van der Waals surface area contributed by atoms with Gasteiger partial charge in [0.05, 0.1) is 11.2 Å². The van der Waals surface area contributed by atoms with Crippen molar-refractivity contribution in [3.63, 3.8) is 0 Å². The molecular weight excluding hydrogens is 351 g/mol. The second kappa shape index (κ2) is 9.50. The van der Waals surface area contributed by atoms with Gasteiger partial charge in [0.15, 0.2) is 0 Å². The number of rotatable bonds is 3. The molecule has 0 saturated carbocycles. The van der Waals surface area contributed by atoms with Crippen LogP contribution in [0.15, 0.2) is 41.0 Å². The fourth-order valence-electron chi connectivity index (χ4n) is 2.85. The van der Waals surface area contributed by atoms with Crippen LogP contribution in [-0.4, -0.2) is 11.2 Å². The summed E-state index contributed by atoms with van der Waals surface area (Å²) < 4.78 is 6.48. The third-order valence-corrected chi connectivity index (χ3v) is 3.66. The van der Waals surface area contributed by atoms with Crippen molar-refractivity contribution >= 4 is 0 Å². The molecule has 2 aliphatic carbocycles. The molecule has 0 spiro atoms. The van der Waals surface area contributed by atoms with Crippen molar-refractivity contribution in [1.82, 2.24) is 0 Å². The summed E-state index contributed by atoms with van der Waals surface area (Å²) >= 11 is 0. The number of ether oxygens (including phenoxy) is 1. The molecule has 0 fully saturated rings. The zero-order chi connectivity index (χ0) is 14.1. The van der Waals surface area contributed by atoms with E-state index in [0.717, 1.165) is 19.3 Å². The van der Waals surface area contributed by atoms with Crippen LogP contribution >= 0.6 is 0 Å². The molecule has 0 amide bonds. The molecule has 121 valence electrons. The normalized spacial score (nSPS) is 23.4. The maximum Gasteiger partial charge on any atom is 3.00 e. The van der Waals surface area contributed by atoms with Gasteiger partial charge in [-0.3, -0.25) is 6.08 Å². The molecule has 0 aromatic heterocycles. The van der Waals surface area contributed by atoms with E-state index in [0.29, 0.717) is 0 Å². The molecule has 0 heterocycles. The fourth-order valence-corrected chi connectivity index (χ4v) is 2.85. The first-order chi connectivity index (χ1) is 8.81. The Kier molecular flexibility index (Phi) is 10.6. The van der Waals surface area contributed by atoms with Gasteiger partial charge in [0.25, 0.3) is 0 Å². The molecule has 0 aromatic carbocycles. The zero-order valence-electron chi connectivity index (χ0n) is 14.1. The van der Waals surface area contributed by atoms with Crippen molar-refractivity contribution < 1.29 is 51.3 Å². The Morgan fingerprint density at radius 2 is 1.86 bits per heavy atom. The number of hydrogen-bond acceptors (Lipinski definition) is 1. The standard InChI is InChI=1S/C18H25O.2ClH.Ti/c1-14-10-11-18(15(2)12-14,19-17(3,4)5)13-16-8-6-7-9-16;;;/h6,8,10,12H,7,11,13H2,1-5H3;2*1H;/q-1;;;+3/p-2. The molecule has 0 saturated heterocycles. The smallest absolute Gasteiger partial charge is 1.00 e. The molecule has 2 rings (SSSR count). The summed E-state index contributed by atoms with van der Waals surface area (Å²) in [5, 5.41) is 0. The molecule has 1 unspecified atom stereocenters. The summed E-state index contributed by atoms with van der Waals surface area (Å²) in [5.41, 5.74) is 3.61. The van der Waals surface area contributed by atoms with Crippen molar-refractivity contribution in [1.29, 1.82) is 0 Å². The molecule has 22 heavy (non-hydrogen) atoms. The van der Waals surface area contributed by atoms with Gasteiger partial charge in [-0.1, -0.05) is 17.7 Å². The van der Waals surface area contributed by atoms with Gasteiger partial charge in [-0.15, -0.1) is 6.42 Å². The van der Waals surface area contributed by atoms with Gasteiger partial charge in [0.1, 0.15) is 0 Å². The van der Waals surface area contributed by atoms with Crippen molar-refractivity contribution in [2.24, 2.45) is 0 Å². The summed E-state index contributed by atoms with van der Waals surface area (Å²) in [5.74, 6) is 0. The van der Waals surface area contributed by atoms with Crippen LogP contribution in [0.2, 0.25) is 0 Å². The molecule has 0 N–H and O–H groups in total. The van der Waals surface area contributed by atoms with E-state index < -0.39 is 0 Å². The summed E-state index contributed by atoms with van der Waals surface area (Å²) in [7, 11) is 0. The van der Waals surface area contributed by atoms with Crippen molar-refractivity contribution in [3.8, 4) is 0 Å².